The molecular formula is C12H18Cl2O3. The van der Waals surface area contributed by atoms with Gasteiger partial charge in [-0.1, -0.05) is 42.6 Å². The van der Waals surface area contributed by atoms with Gasteiger partial charge in [0.1, 0.15) is 0 Å². The second-order valence-electron chi connectivity index (χ2n) is 3.13. The fourth-order valence-electron chi connectivity index (χ4n) is 0.820. The molecule has 98 valence electrons. The summed E-state index contributed by atoms with van der Waals surface area (Å²) in [4.78, 5) is 10.1. The first-order valence-corrected chi connectivity index (χ1v) is 5.86. The van der Waals surface area contributed by atoms with Crippen molar-refractivity contribution in [3.05, 3.63) is 34.3 Å². The lowest BCUT2D eigenvalue weighted by Crippen LogP contribution is -1.99. The molecule has 0 saturated carbocycles. The van der Waals surface area contributed by atoms with Crippen molar-refractivity contribution >= 4 is 29.2 Å². The van der Waals surface area contributed by atoms with Crippen molar-refractivity contribution in [3.8, 4) is 0 Å². The van der Waals surface area contributed by atoms with Crippen LogP contribution in [0.4, 0.5) is 0 Å². The second kappa shape index (κ2) is 11.7. The van der Waals surface area contributed by atoms with Crippen LogP contribution in [0.1, 0.15) is 26.7 Å². The van der Waals surface area contributed by atoms with Gasteiger partial charge < -0.3 is 10.2 Å². The van der Waals surface area contributed by atoms with Crippen LogP contribution in [0, 0.1) is 0 Å². The maximum Gasteiger partial charge on any atom is 0.302 e. The molecule has 0 unspecified atom stereocenters. The lowest BCUT2D eigenvalue weighted by Gasteiger charge is -1.96. The Morgan fingerprint density at radius 2 is 1.82 bits per heavy atom. The van der Waals surface area contributed by atoms with Crippen LogP contribution in [0.25, 0.3) is 0 Å². The van der Waals surface area contributed by atoms with Gasteiger partial charge in [-0.3, -0.25) is 4.79 Å². The number of esters is 1. The van der Waals surface area contributed by atoms with Crippen LogP contribution in [0.5, 0.6) is 0 Å². The fraction of sp³-hybridized carbons (Fsp3) is 0.417. The van der Waals surface area contributed by atoms with E-state index in [0.717, 1.165) is 12.8 Å². The topological polar surface area (TPSA) is 57.8 Å². The molecule has 1 rings (SSSR count). The molecule has 0 aliphatic rings. The molecule has 2 N–H and O–H groups in total. The molecule has 0 radical (unpaired) electrons. The van der Waals surface area contributed by atoms with Gasteiger partial charge in [0, 0.05) is 17.0 Å². The third kappa shape index (κ3) is 13.2. The van der Waals surface area contributed by atoms with E-state index in [2.05, 4.69) is 11.7 Å². The van der Waals surface area contributed by atoms with E-state index >= 15 is 0 Å². The third-order valence-corrected chi connectivity index (χ3v) is 2.06. The zero-order chi connectivity index (χ0) is 12.4. The summed E-state index contributed by atoms with van der Waals surface area (Å²) in [5.41, 5.74) is 0. The van der Waals surface area contributed by atoms with E-state index < -0.39 is 0 Å². The van der Waals surface area contributed by atoms with Crippen molar-refractivity contribution in [1.82, 2.24) is 0 Å². The lowest BCUT2D eigenvalue weighted by atomic mass is 10.4. The smallest absolute Gasteiger partial charge is 0.302 e. The molecule has 0 heterocycles. The summed E-state index contributed by atoms with van der Waals surface area (Å²) < 4.78 is 4.64. The van der Waals surface area contributed by atoms with Gasteiger partial charge in [0.05, 0.1) is 6.61 Å². The molecule has 0 spiro atoms. The minimum Gasteiger partial charge on any atom is -0.466 e. The van der Waals surface area contributed by atoms with Gasteiger partial charge in [0.2, 0.25) is 0 Å². The van der Waals surface area contributed by atoms with E-state index in [-0.39, 0.29) is 11.4 Å². The molecule has 3 nitrogen and oxygen atoms in total. The van der Waals surface area contributed by atoms with Crippen molar-refractivity contribution < 1.29 is 15.0 Å². The zero-order valence-electron chi connectivity index (χ0n) is 10.0. The molecule has 0 amide bonds. The Balaban J connectivity index is 0. The number of carbonyl (C=O) groups excluding carboxylic acids is 1. The molecule has 17 heavy (non-hydrogen) atoms. The molecule has 0 saturated heterocycles. The summed E-state index contributed by atoms with van der Waals surface area (Å²) >= 11 is 11.1. The normalized spacial score (nSPS) is 8.47. The number of hydrogen-bond acceptors (Lipinski definition) is 2. The molecule has 0 fully saturated rings. The van der Waals surface area contributed by atoms with E-state index in [1.54, 1.807) is 18.2 Å². The van der Waals surface area contributed by atoms with Gasteiger partial charge in [-0.2, -0.15) is 0 Å². The zero-order valence-corrected chi connectivity index (χ0v) is 11.5. The minimum atomic E-state index is -0.182. The highest BCUT2D eigenvalue weighted by Crippen LogP contribution is 2.13. The van der Waals surface area contributed by atoms with Crippen LogP contribution in [-0.2, 0) is 9.53 Å². The molecule has 0 bridgehead atoms. The van der Waals surface area contributed by atoms with Gasteiger partial charge in [-0.25, -0.2) is 0 Å². The molecule has 0 aliphatic carbocycles. The predicted octanol–water partition coefficient (Wildman–Crippen LogP) is 3.52. The first kappa shape index (κ1) is 18.6. The summed E-state index contributed by atoms with van der Waals surface area (Å²) in [6.07, 6.45) is 2.05. The van der Waals surface area contributed by atoms with Crippen LogP contribution in [0.3, 0.4) is 0 Å². The van der Waals surface area contributed by atoms with E-state index in [1.807, 2.05) is 6.07 Å². The van der Waals surface area contributed by atoms with Gasteiger partial charge in [-0.05, 0) is 24.6 Å². The number of hydrogen-bond donors (Lipinski definition) is 0. The van der Waals surface area contributed by atoms with Crippen LogP contribution in [-0.4, -0.2) is 18.1 Å². The van der Waals surface area contributed by atoms with Crippen molar-refractivity contribution in [2.24, 2.45) is 0 Å². The molecule has 1 aromatic carbocycles. The molecule has 0 aromatic heterocycles. The summed E-state index contributed by atoms with van der Waals surface area (Å²) in [7, 11) is 0. The Kier molecular flexibility index (Phi) is 12.8. The molecular weight excluding hydrogens is 263 g/mol. The number of benzene rings is 1. The number of halogens is 2. The average molecular weight is 281 g/mol. The van der Waals surface area contributed by atoms with Gasteiger partial charge in [0.15, 0.2) is 0 Å². The van der Waals surface area contributed by atoms with Crippen LogP contribution in [0.2, 0.25) is 10.0 Å². The van der Waals surface area contributed by atoms with Crippen molar-refractivity contribution in [1.29, 1.82) is 0 Å². The minimum absolute atomic E-state index is 0. The van der Waals surface area contributed by atoms with Crippen molar-refractivity contribution in [2.45, 2.75) is 26.7 Å². The standard InChI is InChI=1S/C6H4Cl2.C6H12O2.H2O/c7-5-2-1-3-6(8)4-5;1-3-4-5-8-6(2)7;/h1-4H;3-5H2,1-2H3;1H2. The number of unbranched alkanes of at least 4 members (excludes halogenated alkanes) is 1. The monoisotopic (exact) mass is 280 g/mol. The Morgan fingerprint density at radius 3 is 2.12 bits per heavy atom. The molecule has 5 heteroatoms. The molecule has 0 aliphatic heterocycles. The van der Waals surface area contributed by atoms with E-state index in [4.69, 9.17) is 23.2 Å². The average Bonchev–Trinajstić information content (AvgIpc) is 2.18. The maximum atomic E-state index is 10.1. The first-order valence-electron chi connectivity index (χ1n) is 5.10. The van der Waals surface area contributed by atoms with Crippen LogP contribution >= 0.6 is 23.2 Å². The summed E-state index contributed by atoms with van der Waals surface area (Å²) in [5.74, 6) is -0.182. The molecule has 0 atom stereocenters. The number of ether oxygens (including phenoxy) is 1. The van der Waals surface area contributed by atoms with Gasteiger partial charge >= 0.3 is 5.97 Å². The number of carbonyl (C=O) groups is 1. The predicted molar refractivity (Wildman–Crippen MR) is 71.6 cm³/mol. The summed E-state index contributed by atoms with van der Waals surface area (Å²) in [6, 6.07) is 7.08. The van der Waals surface area contributed by atoms with Crippen LogP contribution in [0.15, 0.2) is 24.3 Å². The molecule has 1 aromatic rings. The lowest BCUT2D eigenvalue weighted by molar-refractivity contribution is -0.141. The Hall–Kier alpha value is -0.770. The van der Waals surface area contributed by atoms with Crippen LogP contribution < -0.4 is 0 Å². The van der Waals surface area contributed by atoms with Gasteiger partial charge in [0.25, 0.3) is 0 Å². The van der Waals surface area contributed by atoms with E-state index in [9.17, 15) is 4.79 Å². The SMILES string of the molecule is CCCCOC(C)=O.Clc1cccc(Cl)c1.O. The summed E-state index contributed by atoms with van der Waals surface area (Å²) in [5, 5.41) is 1.36. The fourth-order valence-corrected chi connectivity index (χ4v) is 1.26. The quantitative estimate of drug-likeness (QED) is 0.628. The third-order valence-electron chi connectivity index (χ3n) is 1.59. The maximum absolute atomic E-state index is 10.1. The Labute approximate surface area is 112 Å². The van der Waals surface area contributed by atoms with Gasteiger partial charge in [-0.15, -0.1) is 0 Å². The Morgan fingerprint density at radius 1 is 1.29 bits per heavy atom. The Bertz CT molecular complexity index is 299. The highest BCUT2D eigenvalue weighted by atomic mass is 35.5. The highest BCUT2D eigenvalue weighted by molar-refractivity contribution is 6.34. The first-order chi connectivity index (χ1) is 7.56. The summed E-state index contributed by atoms with van der Waals surface area (Å²) in [6.45, 7) is 4.06. The van der Waals surface area contributed by atoms with E-state index in [0.29, 0.717) is 16.7 Å². The largest absolute Gasteiger partial charge is 0.466 e. The van der Waals surface area contributed by atoms with E-state index in [1.165, 1.54) is 6.92 Å². The number of rotatable bonds is 3. The highest BCUT2D eigenvalue weighted by Gasteiger charge is 1.88. The second-order valence-corrected chi connectivity index (χ2v) is 4.01. The van der Waals surface area contributed by atoms with Crippen molar-refractivity contribution in [2.75, 3.05) is 6.61 Å². The van der Waals surface area contributed by atoms with Crippen molar-refractivity contribution in [3.63, 3.8) is 0 Å².